The maximum atomic E-state index is 13.3. The Bertz CT molecular complexity index is 2340. The largest absolute Gasteiger partial charge is 0.333 e. The Hall–Kier alpha value is -6.92. The zero-order valence-corrected chi connectivity index (χ0v) is 31.2. The monoisotopic (exact) mass is 784 g/mol. The zero-order chi connectivity index (χ0) is 39.8. The minimum atomic E-state index is -4.53. The molecule has 284 valence electrons. The minimum Gasteiger partial charge on any atom is -0.308 e. The molecule has 0 saturated heterocycles. The van der Waals surface area contributed by atoms with E-state index >= 15 is 0 Å². The summed E-state index contributed by atoms with van der Waals surface area (Å²) >= 11 is 0. The third-order valence-corrected chi connectivity index (χ3v) is 10.5. The van der Waals surface area contributed by atoms with Crippen LogP contribution >= 0.6 is 0 Å². The Balaban J connectivity index is 1.22. The first kappa shape index (κ1) is 39.3. The molecule has 0 spiro atoms. The maximum Gasteiger partial charge on any atom is 0.333 e. The summed E-state index contributed by atoms with van der Waals surface area (Å²) in [6.45, 7) is 5.18. The molecule has 5 rings (SSSR count). The van der Waals surface area contributed by atoms with Crippen molar-refractivity contribution in [2.45, 2.75) is 30.6 Å². The van der Waals surface area contributed by atoms with E-state index in [0.717, 1.165) is 11.1 Å². The Kier molecular flexibility index (Phi) is 12.0. The first-order chi connectivity index (χ1) is 26.1. The van der Waals surface area contributed by atoms with Gasteiger partial charge in [0.25, 0.3) is 20.0 Å². The highest BCUT2D eigenvalue weighted by Gasteiger charge is 2.25. The number of benzene rings is 5. The molecule has 8 amide bonds. The van der Waals surface area contributed by atoms with Crippen LogP contribution in [-0.4, -0.2) is 41.0 Å². The lowest BCUT2D eigenvalue weighted by Crippen LogP contribution is -2.36. The average Bonchev–Trinajstić information content (AvgIpc) is 3.10. The number of aryl methyl sites for hydroxylation is 2. The van der Waals surface area contributed by atoms with Gasteiger partial charge in [0.1, 0.15) is 9.79 Å². The van der Waals surface area contributed by atoms with Gasteiger partial charge in [-0.25, -0.2) is 45.5 Å². The molecule has 0 aromatic heterocycles. The topological polar surface area (TPSA) is 233 Å². The summed E-state index contributed by atoms with van der Waals surface area (Å²) in [6, 6.07) is 25.5. The van der Waals surface area contributed by atoms with Crippen LogP contribution in [0.1, 0.15) is 16.7 Å². The number of anilines is 6. The third-order valence-electron chi connectivity index (χ3n) is 7.69. The fraction of sp³-hybridized carbons (Fsp3) is 0.0811. The SMILES string of the molecule is Cc1cccc(NC(=O)Nc2ccccc2S(=O)(=O)NC(=O)Nc2cccc(NC(=O)NS(=O)(=O)c3ccccc3NC(=O)Nc3cccc(C)c3)c2C)c1. The second kappa shape index (κ2) is 16.8. The number of amides is 8. The van der Waals surface area contributed by atoms with Gasteiger partial charge in [0.15, 0.2) is 0 Å². The van der Waals surface area contributed by atoms with Crippen molar-refractivity contribution in [1.29, 1.82) is 0 Å². The van der Waals surface area contributed by atoms with Gasteiger partial charge in [-0.1, -0.05) is 54.6 Å². The summed E-state index contributed by atoms with van der Waals surface area (Å²) < 4.78 is 56.9. The number of nitrogens with one attached hydrogen (secondary N) is 8. The number of hydrogen-bond donors (Lipinski definition) is 8. The fourth-order valence-corrected chi connectivity index (χ4v) is 7.32. The van der Waals surface area contributed by atoms with Crippen LogP contribution in [0, 0.1) is 20.8 Å². The van der Waals surface area contributed by atoms with Gasteiger partial charge in [0.05, 0.1) is 11.4 Å². The van der Waals surface area contributed by atoms with Crippen LogP contribution in [0.15, 0.2) is 125 Å². The van der Waals surface area contributed by atoms with E-state index in [0.29, 0.717) is 11.4 Å². The van der Waals surface area contributed by atoms with Gasteiger partial charge in [-0.2, -0.15) is 0 Å². The Morgan fingerprint density at radius 1 is 0.400 bits per heavy atom. The minimum absolute atomic E-state index is 0.0754. The predicted molar refractivity (Wildman–Crippen MR) is 210 cm³/mol. The van der Waals surface area contributed by atoms with Gasteiger partial charge >= 0.3 is 24.1 Å². The molecule has 16 nitrogen and oxygen atoms in total. The standard InChI is InChI=1S/C37H36N8O8S2/c1-23-11-8-13-26(21-23)38-34(46)42-30-15-4-6-19-32(30)54(50,51)44-36(48)40-28-17-10-18-29(25(28)3)41-37(49)45-55(52,53)33-20-7-5-16-31(33)43-35(47)39-27-14-9-12-24(2)22-27/h4-22H,1-3H3,(H2,38,42,46)(H2,39,43,47)(H2,40,44,48)(H2,41,45,49). The molecule has 0 atom stereocenters. The Morgan fingerprint density at radius 3 is 1.15 bits per heavy atom. The summed E-state index contributed by atoms with van der Waals surface area (Å²) in [4.78, 5) is 50.4. The molecule has 18 heteroatoms. The molecule has 0 unspecified atom stereocenters. The Labute approximate surface area is 317 Å². The number of urea groups is 4. The van der Waals surface area contributed by atoms with Crippen LogP contribution in [0.2, 0.25) is 0 Å². The molecule has 0 saturated carbocycles. The average molecular weight is 785 g/mol. The van der Waals surface area contributed by atoms with Gasteiger partial charge in [-0.05, 0) is 98.1 Å². The fourth-order valence-electron chi connectivity index (χ4n) is 5.18. The molecule has 0 fully saturated rings. The predicted octanol–water partition coefficient (Wildman–Crippen LogP) is 6.92. The number of rotatable bonds is 10. The van der Waals surface area contributed by atoms with Crippen molar-refractivity contribution in [2.24, 2.45) is 0 Å². The molecule has 5 aromatic carbocycles. The van der Waals surface area contributed by atoms with Crippen molar-refractivity contribution >= 4 is 78.3 Å². The molecule has 0 aliphatic heterocycles. The van der Waals surface area contributed by atoms with Crippen molar-refractivity contribution in [3.63, 3.8) is 0 Å². The van der Waals surface area contributed by atoms with Crippen molar-refractivity contribution in [3.05, 3.63) is 132 Å². The number of para-hydroxylation sites is 2. The van der Waals surface area contributed by atoms with Crippen LogP contribution in [0.4, 0.5) is 53.3 Å². The van der Waals surface area contributed by atoms with Crippen molar-refractivity contribution in [3.8, 4) is 0 Å². The second-order valence-corrected chi connectivity index (χ2v) is 15.3. The molecule has 0 bridgehead atoms. The lowest BCUT2D eigenvalue weighted by atomic mass is 10.1. The van der Waals surface area contributed by atoms with Gasteiger partial charge in [0, 0.05) is 22.7 Å². The summed E-state index contributed by atoms with van der Waals surface area (Å²) in [7, 11) is -9.07. The highest BCUT2D eigenvalue weighted by molar-refractivity contribution is 7.90. The van der Waals surface area contributed by atoms with Gasteiger partial charge < -0.3 is 31.9 Å². The molecule has 0 aliphatic carbocycles. The molecule has 0 heterocycles. The number of carbonyl (C=O) groups excluding carboxylic acids is 4. The van der Waals surface area contributed by atoms with Crippen LogP contribution in [-0.2, 0) is 20.0 Å². The van der Waals surface area contributed by atoms with Crippen LogP contribution in [0.5, 0.6) is 0 Å². The summed E-state index contributed by atoms with van der Waals surface area (Å²) in [5.41, 5.74) is 2.97. The second-order valence-electron chi connectivity index (χ2n) is 12.0. The van der Waals surface area contributed by atoms with E-state index in [9.17, 15) is 36.0 Å². The molecule has 5 aromatic rings. The normalized spacial score (nSPS) is 11.0. The highest BCUT2D eigenvalue weighted by atomic mass is 32.2. The lowest BCUT2D eigenvalue weighted by molar-refractivity contribution is 0.255. The van der Waals surface area contributed by atoms with Crippen LogP contribution < -0.4 is 41.3 Å². The third kappa shape index (κ3) is 10.6. The number of hydrogen-bond acceptors (Lipinski definition) is 8. The van der Waals surface area contributed by atoms with Gasteiger partial charge in [-0.3, -0.25) is 0 Å². The molecular weight excluding hydrogens is 749 g/mol. The Morgan fingerprint density at radius 2 is 0.745 bits per heavy atom. The van der Waals surface area contributed by atoms with Crippen molar-refractivity contribution < 1.29 is 36.0 Å². The summed E-state index contributed by atoms with van der Waals surface area (Å²) in [5.74, 6) is 0. The van der Waals surface area contributed by atoms with Crippen LogP contribution in [0.25, 0.3) is 0 Å². The van der Waals surface area contributed by atoms with E-state index in [4.69, 9.17) is 0 Å². The van der Waals surface area contributed by atoms with Crippen molar-refractivity contribution in [1.82, 2.24) is 9.44 Å². The summed E-state index contributed by atoms with van der Waals surface area (Å²) in [6.07, 6.45) is 0. The number of sulfonamides is 2. The number of carbonyl (C=O) groups is 4. The zero-order valence-electron chi connectivity index (χ0n) is 29.6. The van der Waals surface area contributed by atoms with E-state index < -0.39 is 54.0 Å². The maximum absolute atomic E-state index is 13.3. The van der Waals surface area contributed by atoms with E-state index in [1.165, 1.54) is 73.7 Å². The molecule has 55 heavy (non-hydrogen) atoms. The quantitative estimate of drug-likeness (QED) is 0.0739. The van der Waals surface area contributed by atoms with E-state index in [-0.39, 0.29) is 28.3 Å². The molecule has 0 aliphatic rings. The highest BCUT2D eigenvalue weighted by Crippen LogP contribution is 2.26. The van der Waals surface area contributed by atoms with Crippen molar-refractivity contribution in [2.75, 3.05) is 31.9 Å². The van der Waals surface area contributed by atoms with E-state index in [2.05, 4.69) is 31.9 Å². The van der Waals surface area contributed by atoms with E-state index in [1.807, 2.05) is 35.4 Å². The molecule has 8 N–H and O–H groups in total. The smallest absolute Gasteiger partial charge is 0.308 e. The molecular formula is C37H36N8O8S2. The first-order valence-electron chi connectivity index (χ1n) is 16.3. The van der Waals surface area contributed by atoms with E-state index in [1.54, 1.807) is 36.4 Å². The molecule has 0 radical (unpaired) electrons. The summed E-state index contributed by atoms with van der Waals surface area (Å²) in [5, 5.41) is 15.0. The van der Waals surface area contributed by atoms with Gasteiger partial charge in [-0.15, -0.1) is 0 Å². The van der Waals surface area contributed by atoms with Crippen LogP contribution in [0.3, 0.4) is 0 Å². The van der Waals surface area contributed by atoms with Gasteiger partial charge in [0.2, 0.25) is 0 Å². The first-order valence-corrected chi connectivity index (χ1v) is 19.3. The lowest BCUT2D eigenvalue weighted by Gasteiger charge is -2.16.